The molecule has 0 radical (unpaired) electrons. The van der Waals surface area contributed by atoms with Crippen LogP contribution < -0.4 is 5.32 Å². The van der Waals surface area contributed by atoms with Gasteiger partial charge >= 0.3 is 0 Å². The van der Waals surface area contributed by atoms with Gasteiger partial charge in [0.2, 0.25) is 5.91 Å². The zero-order valence-electron chi connectivity index (χ0n) is 15.7. The van der Waals surface area contributed by atoms with Gasteiger partial charge in [0.25, 0.3) is 0 Å². The van der Waals surface area contributed by atoms with Crippen LogP contribution in [-0.2, 0) is 16.0 Å². The van der Waals surface area contributed by atoms with Crippen LogP contribution in [0.1, 0.15) is 17.3 Å². The first-order chi connectivity index (χ1) is 13.7. The molecule has 5 nitrogen and oxygen atoms in total. The molecule has 2 heterocycles. The maximum Gasteiger partial charge on any atom is 0.241 e. The van der Waals surface area contributed by atoms with Crippen molar-refractivity contribution in [3.05, 3.63) is 71.7 Å². The van der Waals surface area contributed by atoms with Crippen molar-refractivity contribution < 1.29 is 13.9 Å². The molecule has 28 heavy (non-hydrogen) atoms. The van der Waals surface area contributed by atoms with Gasteiger partial charge in [0.1, 0.15) is 11.9 Å². The number of nitrogens with zero attached hydrogens (tertiary/aromatic N) is 1. The Morgan fingerprint density at radius 1 is 1.14 bits per heavy atom. The highest BCUT2D eigenvalue weighted by Crippen LogP contribution is 2.23. The van der Waals surface area contributed by atoms with E-state index in [2.05, 4.69) is 27.3 Å². The zero-order chi connectivity index (χ0) is 19.3. The number of aromatic nitrogens is 1. The number of fused-ring (bicyclic) bond motifs is 1. The second kappa shape index (κ2) is 8.54. The summed E-state index contributed by atoms with van der Waals surface area (Å²) < 4.78 is 19.2. The van der Waals surface area contributed by atoms with Crippen molar-refractivity contribution >= 4 is 16.8 Å². The van der Waals surface area contributed by atoms with E-state index in [0.717, 1.165) is 16.6 Å². The number of nitrogens with one attached hydrogen (secondary N) is 2. The molecule has 1 unspecified atom stereocenters. The third-order valence-electron chi connectivity index (χ3n) is 5.10. The SMILES string of the molecule is O=C(NCCc1cc2ccccc2[nH]1)C(c1cccc(F)c1)N1CCOCC1. The predicted octanol–water partition coefficient (Wildman–Crippen LogP) is 3.04. The number of hydrogen-bond donors (Lipinski definition) is 2. The monoisotopic (exact) mass is 381 g/mol. The van der Waals surface area contributed by atoms with Gasteiger partial charge in [-0.3, -0.25) is 9.69 Å². The Bertz CT molecular complexity index is 917. The predicted molar refractivity (Wildman–Crippen MR) is 107 cm³/mol. The third-order valence-corrected chi connectivity index (χ3v) is 5.10. The average Bonchev–Trinajstić information content (AvgIpc) is 3.12. The van der Waals surface area contributed by atoms with Gasteiger partial charge in [-0.15, -0.1) is 0 Å². The number of hydrogen-bond acceptors (Lipinski definition) is 3. The summed E-state index contributed by atoms with van der Waals surface area (Å²) in [4.78, 5) is 18.4. The van der Waals surface area contributed by atoms with Crippen LogP contribution >= 0.6 is 0 Å². The molecular formula is C22H24FN3O2. The van der Waals surface area contributed by atoms with E-state index < -0.39 is 6.04 Å². The number of carbonyl (C=O) groups is 1. The van der Waals surface area contributed by atoms with Crippen LogP contribution in [0.5, 0.6) is 0 Å². The van der Waals surface area contributed by atoms with E-state index in [4.69, 9.17) is 4.74 Å². The van der Waals surface area contributed by atoms with Crippen LogP contribution in [-0.4, -0.2) is 48.6 Å². The maximum atomic E-state index is 13.8. The van der Waals surface area contributed by atoms with Gasteiger partial charge in [-0.25, -0.2) is 4.39 Å². The Labute approximate surface area is 163 Å². The molecule has 4 rings (SSSR count). The number of aromatic amines is 1. The van der Waals surface area contributed by atoms with Crippen molar-refractivity contribution in [2.75, 3.05) is 32.8 Å². The molecule has 1 fully saturated rings. The fraction of sp³-hybridized carbons (Fsp3) is 0.318. The summed E-state index contributed by atoms with van der Waals surface area (Å²) in [6.45, 7) is 2.97. The molecular weight excluding hydrogens is 357 g/mol. The highest BCUT2D eigenvalue weighted by atomic mass is 19.1. The Morgan fingerprint density at radius 2 is 1.96 bits per heavy atom. The minimum absolute atomic E-state index is 0.108. The number of amides is 1. The summed E-state index contributed by atoms with van der Waals surface area (Å²) in [6, 6.07) is 16.0. The van der Waals surface area contributed by atoms with Gasteiger partial charge in [0, 0.05) is 37.3 Å². The lowest BCUT2D eigenvalue weighted by atomic mass is 10.0. The molecule has 0 spiro atoms. The smallest absolute Gasteiger partial charge is 0.241 e. The molecule has 2 N–H and O–H groups in total. The standard InChI is InChI=1S/C22H24FN3O2/c23-18-6-3-5-17(14-18)21(26-10-12-28-13-11-26)22(27)24-9-8-19-15-16-4-1-2-7-20(16)25-19/h1-7,14-15,21,25H,8-13H2,(H,24,27). The fourth-order valence-corrected chi connectivity index (χ4v) is 3.73. The summed E-state index contributed by atoms with van der Waals surface area (Å²) in [5, 5.41) is 4.19. The lowest BCUT2D eigenvalue weighted by molar-refractivity contribution is -0.128. The summed E-state index contributed by atoms with van der Waals surface area (Å²) in [6.07, 6.45) is 0.708. The van der Waals surface area contributed by atoms with Crippen molar-refractivity contribution in [1.82, 2.24) is 15.2 Å². The molecule has 2 aromatic carbocycles. The number of morpholine rings is 1. The number of para-hydroxylation sites is 1. The molecule has 146 valence electrons. The van der Waals surface area contributed by atoms with Crippen LogP contribution in [0.3, 0.4) is 0 Å². The minimum Gasteiger partial charge on any atom is -0.379 e. The van der Waals surface area contributed by atoms with Crippen LogP contribution in [0.25, 0.3) is 10.9 Å². The molecule has 6 heteroatoms. The number of H-pyrrole nitrogens is 1. The van der Waals surface area contributed by atoms with Gasteiger partial charge in [0.05, 0.1) is 13.2 Å². The van der Waals surface area contributed by atoms with E-state index >= 15 is 0 Å². The van der Waals surface area contributed by atoms with Crippen molar-refractivity contribution in [3.8, 4) is 0 Å². The van der Waals surface area contributed by atoms with Crippen LogP contribution in [0.15, 0.2) is 54.6 Å². The number of carbonyl (C=O) groups excluding carboxylic acids is 1. The maximum absolute atomic E-state index is 13.8. The van der Waals surface area contributed by atoms with Gasteiger partial charge in [-0.05, 0) is 35.2 Å². The molecule has 0 bridgehead atoms. The normalized spacial score (nSPS) is 16.2. The summed E-state index contributed by atoms with van der Waals surface area (Å²) in [5.41, 5.74) is 2.84. The number of benzene rings is 2. The second-order valence-electron chi connectivity index (χ2n) is 7.03. The van der Waals surface area contributed by atoms with E-state index in [1.54, 1.807) is 12.1 Å². The van der Waals surface area contributed by atoms with E-state index in [0.29, 0.717) is 44.8 Å². The van der Waals surface area contributed by atoms with Crippen molar-refractivity contribution in [1.29, 1.82) is 0 Å². The molecule has 0 saturated carbocycles. The molecule has 1 amide bonds. The van der Waals surface area contributed by atoms with Crippen molar-refractivity contribution in [3.63, 3.8) is 0 Å². The van der Waals surface area contributed by atoms with Crippen LogP contribution in [0.4, 0.5) is 4.39 Å². The van der Waals surface area contributed by atoms with E-state index in [-0.39, 0.29) is 11.7 Å². The Balaban J connectivity index is 1.44. The Kier molecular flexibility index (Phi) is 5.69. The van der Waals surface area contributed by atoms with E-state index in [9.17, 15) is 9.18 Å². The van der Waals surface area contributed by atoms with E-state index in [1.165, 1.54) is 12.1 Å². The number of rotatable bonds is 6. The van der Waals surface area contributed by atoms with Gasteiger partial charge in [-0.1, -0.05) is 30.3 Å². The van der Waals surface area contributed by atoms with Crippen LogP contribution in [0, 0.1) is 5.82 Å². The minimum atomic E-state index is -0.512. The number of ether oxygens (including phenoxy) is 1. The topological polar surface area (TPSA) is 57.4 Å². The molecule has 1 saturated heterocycles. The van der Waals surface area contributed by atoms with Gasteiger partial charge < -0.3 is 15.0 Å². The van der Waals surface area contributed by atoms with Crippen molar-refractivity contribution in [2.24, 2.45) is 0 Å². The zero-order valence-corrected chi connectivity index (χ0v) is 15.7. The highest BCUT2D eigenvalue weighted by molar-refractivity contribution is 5.83. The first-order valence-corrected chi connectivity index (χ1v) is 9.62. The Hall–Kier alpha value is -2.70. The number of halogens is 1. The first-order valence-electron chi connectivity index (χ1n) is 9.62. The molecule has 1 aliphatic rings. The van der Waals surface area contributed by atoms with E-state index in [1.807, 2.05) is 18.2 Å². The summed E-state index contributed by atoms with van der Waals surface area (Å²) >= 11 is 0. The third kappa shape index (κ3) is 4.24. The molecule has 0 aliphatic carbocycles. The second-order valence-corrected chi connectivity index (χ2v) is 7.03. The highest BCUT2D eigenvalue weighted by Gasteiger charge is 2.29. The molecule has 1 atom stereocenters. The largest absolute Gasteiger partial charge is 0.379 e. The molecule has 3 aromatic rings. The van der Waals surface area contributed by atoms with Gasteiger partial charge in [-0.2, -0.15) is 0 Å². The summed E-state index contributed by atoms with van der Waals surface area (Å²) in [7, 11) is 0. The van der Waals surface area contributed by atoms with Gasteiger partial charge in [0.15, 0.2) is 0 Å². The van der Waals surface area contributed by atoms with Crippen LogP contribution in [0.2, 0.25) is 0 Å². The average molecular weight is 381 g/mol. The van der Waals surface area contributed by atoms with Crippen molar-refractivity contribution in [2.45, 2.75) is 12.5 Å². The lowest BCUT2D eigenvalue weighted by Gasteiger charge is -2.33. The lowest BCUT2D eigenvalue weighted by Crippen LogP contribution is -2.46. The fourth-order valence-electron chi connectivity index (χ4n) is 3.73. The first kappa shape index (κ1) is 18.7. The molecule has 1 aromatic heterocycles. The molecule has 1 aliphatic heterocycles. The quantitative estimate of drug-likeness (QED) is 0.690. The Morgan fingerprint density at radius 3 is 2.75 bits per heavy atom. The summed E-state index contributed by atoms with van der Waals surface area (Å²) in [5.74, 6) is -0.440.